The summed E-state index contributed by atoms with van der Waals surface area (Å²) in [7, 11) is 2.92. The molecule has 130 valence electrons. The minimum atomic E-state index is -1.32. The van der Waals surface area contributed by atoms with Crippen molar-refractivity contribution < 1.29 is 28.8 Å². The number of ether oxygens (including phenoxy) is 4. The van der Waals surface area contributed by atoms with Crippen molar-refractivity contribution in [1.82, 2.24) is 0 Å². The summed E-state index contributed by atoms with van der Waals surface area (Å²) in [4.78, 5) is 11.8. The van der Waals surface area contributed by atoms with Gasteiger partial charge in [0.1, 0.15) is 0 Å². The quantitative estimate of drug-likeness (QED) is 0.379. The normalized spacial score (nSPS) is 13.8. The summed E-state index contributed by atoms with van der Waals surface area (Å²) in [6.07, 6.45) is -1.63. The molecule has 2 atom stereocenters. The van der Waals surface area contributed by atoms with E-state index >= 15 is 0 Å². The zero-order chi connectivity index (χ0) is 17.1. The van der Waals surface area contributed by atoms with E-state index in [-0.39, 0.29) is 6.61 Å². The highest BCUT2D eigenvalue weighted by Crippen LogP contribution is 2.19. The van der Waals surface area contributed by atoms with Gasteiger partial charge >= 0.3 is 5.97 Å². The van der Waals surface area contributed by atoms with Crippen LogP contribution in [0.4, 0.5) is 0 Å². The molecular weight excluding hydrogens is 300 g/mol. The summed E-state index contributed by atoms with van der Waals surface area (Å²) in [6.45, 7) is 2.72. The van der Waals surface area contributed by atoms with E-state index in [4.69, 9.17) is 18.9 Å². The van der Waals surface area contributed by atoms with Crippen molar-refractivity contribution in [2.45, 2.75) is 32.3 Å². The van der Waals surface area contributed by atoms with E-state index in [1.54, 1.807) is 6.92 Å². The van der Waals surface area contributed by atoms with E-state index in [0.717, 1.165) is 5.56 Å². The zero-order valence-electron chi connectivity index (χ0n) is 13.9. The molecule has 0 aliphatic heterocycles. The van der Waals surface area contributed by atoms with Crippen molar-refractivity contribution in [1.29, 1.82) is 0 Å². The number of methoxy groups -OCH3 is 2. The van der Waals surface area contributed by atoms with Crippen LogP contribution in [0.15, 0.2) is 30.3 Å². The van der Waals surface area contributed by atoms with Crippen LogP contribution in [0.1, 0.15) is 18.9 Å². The van der Waals surface area contributed by atoms with Crippen molar-refractivity contribution in [3.63, 3.8) is 0 Å². The number of carbonyl (C=O) groups is 1. The van der Waals surface area contributed by atoms with E-state index in [1.165, 1.54) is 14.2 Å². The molecule has 0 amide bonds. The molecule has 0 aliphatic rings. The number of hydrogen-bond acceptors (Lipinski definition) is 6. The molecule has 0 bridgehead atoms. The van der Waals surface area contributed by atoms with Crippen molar-refractivity contribution in [2.24, 2.45) is 5.92 Å². The van der Waals surface area contributed by atoms with Gasteiger partial charge in [-0.3, -0.25) is 0 Å². The Morgan fingerprint density at radius 1 is 1.17 bits per heavy atom. The van der Waals surface area contributed by atoms with Crippen LogP contribution in [0, 0.1) is 5.92 Å². The molecule has 0 saturated carbocycles. The monoisotopic (exact) mass is 326 g/mol. The van der Waals surface area contributed by atoms with E-state index in [9.17, 15) is 9.90 Å². The molecule has 0 spiro atoms. The first-order valence-corrected chi connectivity index (χ1v) is 7.66. The molecule has 1 aromatic rings. The van der Waals surface area contributed by atoms with Gasteiger partial charge in [-0.1, -0.05) is 30.3 Å². The predicted molar refractivity (Wildman–Crippen MR) is 84.7 cm³/mol. The molecule has 1 rings (SSSR count). The second-order valence-corrected chi connectivity index (χ2v) is 5.03. The molecule has 0 aliphatic carbocycles. The molecule has 0 saturated heterocycles. The predicted octanol–water partition coefficient (Wildman–Crippen LogP) is 1.75. The lowest BCUT2D eigenvalue weighted by Gasteiger charge is -2.27. The van der Waals surface area contributed by atoms with Crippen molar-refractivity contribution in [2.75, 3.05) is 27.4 Å². The van der Waals surface area contributed by atoms with E-state index in [1.807, 2.05) is 30.3 Å². The third-order valence-electron chi connectivity index (χ3n) is 3.45. The smallest absolute Gasteiger partial charge is 0.335 e. The van der Waals surface area contributed by atoms with Gasteiger partial charge in [0.25, 0.3) is 0 Å². The lowest BCUT2D eigenvalue weighted by Crippen LogP contribution is -2.41. The molecule has 23 heavy (non-hydrogen) atoms. The molecule has 6 nitrogen and oxygen atoms in total. The Balaban J connectivity index is 2.53. The minimum Gasteiger partial charge on any atom is -0.464 e. The largest absolute Gasteiger partial charge is 0.464 e. The number of rotatable bonds is 11. The molecule has 1 N–H and O–H groups in total. The number of aliphatic hydroxyl groups is 1. The standard InChI is InChI=1S/C17H26O6/c1-4-23-16(19)15(18)14(17(20-2)21-3)10-11-22-12-13-8-6-5-7-9-13/h5-9,14-15,17-18H,4,10-12H2,1-3H3/t14-,15?/m0/s1. The average molecular weight is 326 g/mol. The van der Waals surface area contributed by atoms with Crippen LogP contribution in [0.25, 0.3) is 0 Å². The van der Waals surface area contributed by atoms with Crippen molar-refractivity contribution in [3.05, 3.63) is 35.9 Å². The summed E-state index contributed by atoms with van der Waals surface area (Å²) in [5.41, 5.74) is 1.06. The molecule has 0 radical (unpaired) electrons. The van der Waals surface area contributed by atoms with Crippen LogP contribution < -0.4 is 0 Å². The molecule has 1 unspecified atom stereocenters. The lowest BCUT2D eigenvalue weighted by atomic mass is 9.98. The summed E-state index contributed by atoms with van der Waals surface area (Å²) in [5, 5.41) is 10.2. The molecule has 0 heterocycles. The van der Waals surface area contributed by atoms with Crippen LogP contribution in [0.2, 0.25) is 0 Å². The van der Waals surface area contributed by atoms with Crippen molar-refractivity contribution >= 4 is 5.97 Å². The fourth-order valence-corrected chi connectivity index (χ4v) is 2.27. The second-order valence-electron chi connectivity index (χ2n) is 5.03. The maximum absolute atomic E-state index is 11.8. The van der Waals surface area contributed by atoms with Gasteiger partial charge in [0.15, 0.2) is 12.4 Å². The number of benzene rings is 1. The highest BCUT2D eigenvalue weighted by Gasteiger charge is 2.34. The Hall–Kier alpha value is -1.47. The highest BCUT2D eigenvalue weighted by molar-refractivity contribution is 5.74. The van der Waals surface area contributed by atoms with Crippen LogP contribution in [0.5, 0.6) is 0 Å². The number of hydrogen-bond donors (Lipinski definition) is 1. The average Bonchev–Trinajstić information content (AvgIpc) is 2.58. The van der Waals surface area contributed by atoms with Gasteiger partial charge in [-0.25, -0.2) is 4.79 Å². The van der Waals surface area contributed by atoms with Crippen molar-refractivity contribution in [3.8, 4) is 0 Å². The summed E-state index contributed by atoms with van der Waals surface area (Å²) >= 11 is 0. The number of esters is 1. The summed E-state index contributed by atoms with van der Waals surface area (Å²) < 4.78 is 20.8. The van der Waals surface area contributed by atoms with E-state index < -0.39 is 24.3 Å². The van der Waals surface area contributed by atoms with Gasteiger partial charge in [0.2, 0.25) is 0 Å². The zero-order valence-corrected chi connectivity index (χ0v) is 13.9. The summed E-state index contributed by atoms with van der Waals surface area (Å²) in [6, 6.07) is 9.77. The first kappa shape index (κ1) is 19.6. The first-order valence-electron chi connectivity index (χ1n) is 7.66. The van der Waals surface area contributed by atoms with Crippen LogP contribution >= 0.6 is 0 Å². The second kappa shape index (κ2) is 11.1. The Morgan fingerprint density at radius 2 is 1.83 bits per heavy atom. The maximum Gasteiger partial charge on any atom is 0.335 e. The molecule has 0 fully saturated rings. The van der Waals surface area contributed by atoms with Gasteiger partial charge in [-0.2, -0.15) is 0 Å². The topological polar surface area (TPSA) is 74.2 Å². The van der Waals surface area contributed by atoms with Crippen LogP contribution in [0.3, 0.4) is 0 Å². The summed E-state index contributed by atoms with van der Waals surface area (Å²) in [5.74, 6) is -1.25. The van der Waals surface area contributed by atoms with Gasteiger partial charge in [0.05, 0.1) is 13.2 Å². The highest BCUT2D eigenvalue weighted by atomic mass is 16.7. The van der Waals surface area contributed by atoms with Crippen LogP contribution in [-0.2, 0) is 30.3 Å². The SMILES string of the molecule is CCOC(=O)C(O)[C@H](CCOCc1ccccc1)C(OC)OC. The molecular formula is C17H26O6. The van der Waals surface area contributed by atoms with E-state index in [2.05, 4.69) is 0 Å². The number of carbonyl (C=O) groups excluding carboxylic acids is 1. The van der Waals surface area contributed by atoms with Gasteiger partial charge in [0, 0.05) is 26.7 Å². The Bertz CT molecular complexity index is 432. The Morgan fingerprint density at radius 3 is 2.39 bits per heavy atom. The fraction of sp³-hybridized carbons (Fsp3) is 0.588. The van der Waals surface area contributed by atoms with E-state index in [0.29, 0.717) is 19.6 Å². The Kier molecular flexibility index (Phi) is 9.47. The molecule has 6 heteroatoms. The number of aliphatic hydroxyl groups excluding tert-OH is 1. The van der Waals surface area contributed by atoms with Gasteiger partial charge < -0.3 is 24.1 Å². The molecule has 1 aromatic carbocycles. The molecule has 0 aromatic heterocycles. The third-order valence-corrected chi connectivity index (χ3v) is 3.45. The maximum atomic E-state index is 11.8. The van der Waals surface area contributed by atoms with Gasteiger partial charge in [-0.05, 0) is 18.9 Å². The minimum absolute atomic E-state index is 0.206. The lowest BCUT2D eigenvalue weighted by molar-refractivity contribution is -0.185. The Labute approximate surface area is 137 Å². The van der Waals surface area contributed by atoms with Gasteiger partial charge in [-0.15, -0.1) is 0 Å². The first-order chi connectivity index (χ1) is 11.1. The fourth-order valence-electron chi connectivity index (χ4n) is 2.27. The third kappa shape index (κ3) is 6.66. The van der Waals surface area contributed by atoms with Crippen LogP contribution in [-0.4, -0.2) is 50.9 Å².